The Morgan fingerprint density at radius 1 is 1.15 bits per heavy atom. The van der Waals surface area contributed by atoms with Crippen molar-refractivity contribution in [2.75, 3.05) is 24.5 Å². The summed E-state index contributed by atoms with van der Waals surface area (Å²) >= 11 is 0. The van der Waals surface area contributed by atoms with Gasteiger partial charge in [0.05, 0.1) is 4.90 Å². The molecule has 1 saturated heterocycles. The van der Waals surface area contributed by atoms with E-state index in [-0.39, 0.29) is 28.7 Å². The third-order valence-corrected chi connectivity index (χ3v) is 9.09. The largest absolute Gasteiger partial charge is 0.356 e. The first kappa shape index (κ1) is 24.0. The van der Waals surface area contributed by atoms with Gasteiger partial charge >= 0.3 is 0 Å². The molecule has 1 aromatic carbocycles. The molecule has 33 heavy (non-hydrogen) atoms. The number of sulfonamides is 1. The average molecular weight is 474 g/mol. The Bertz CT molecular complexity index is 1040. The number of benzene rings is 1. The lowest BCUT2D eigenvalue weighted by atomic mass is 9.96. The van der Waals surface area contributed by atoms with E-state index in [0.717, 1.165) is 30.5 Å². The normalized spacial score (nSPS) is 22.1. The van der Waals surface area contributed by atoms with Gasteiger partial charge in [-0.05, 0) is 82.1 Å². The first-order valence-electron chi connectivity index (χ1n) is 12.2. The number of nitrogens with zero attached hydrogens (tertiary/aromatic N) is 2. The molecule has 3 aliphatic rings. The second-order valence-corrected chi connectivity index (χ2v) is 11.5. The van der Waals surface area contributed by atoms with Crippen LogP contribution in [0.25, 0.3) is 0 Å². The predicted octanol–water partition coefficient (Wildman–Crippen LogP) is 3.39. The molecule has 180 valence electrons. The SMILES string of the molecule is CC(=O)N1c2ccc(S(=O)(=O)N3CCC(C(=O)NCCC4=CCCCC4)CC3)cc2CC1C. The van der Waals surface area contributed by atoms with Gasteiger partial charge in [-0.3, -0.25) is 9.59 Å². The molecule has 0 saturated carbocycles. The predicted molar refractivity (Wildman–Crippen MR) is 128 cm³/mol. The molecule has 1 atom stereocenters. The minimum absolute atomic E-state index is 0.0270. The molecule has 0 spiro atoms. The molecule has 2 heterocycles. The van der Waals surface area contributed by atoms with Gasteiger partial charge in [-0.2, -0.15) is 4.31 Å². The third-order valence-electron chi connectivity index (χ3n) is 7.20. The second kappa shape index (κ2) is 9.97. The minimum atomic E-state index is -3.63. The fourth-order valence-corrected chi connectivity index (χ4v) is 6.90. The molecule has 1 unspecified atom stereocenters. The zero-order valence-electron chi connectivity index (χ0n) is 19.7. The van der Waals surface area contributed by atoms with Crippen molar-refractivity contribution in [2.24, 2.45) is 5.92 Å². The van der Waals surface area contributed by atoms with E-state index in [1.165, 1.54) is 29.6 Å². The number of carbonyl (C=O) groups excluding carboxylic acids is 2. The molecule has 1 N–H and O–H groups in total. The van der Waals surface area contributed by atoms with E-state index in [1.807, 2.05) is 6.92 Å². The second-order valence-electron chi connectivity index (χ2n) is 9.56. The van der Waals surface area contributed by atoms with Gasteiger partial charge in [0, 0.05) is 44.2 Å². The lowest BCUT2D eigenvalue weighted by molar-refractivity contribution is -0.126. The molecule has 2 amide bonds. The molecule has 0 aromatic heterocycles. The number of carbonyl (C=O) groups is 2. The van der Waals surface area contributed by atoms with Crippen molar-refractivity contribution in [3.05, 3.63) is 35.4 Å². The van der Waals surface area contributed by atoms with Crippen LogP contribution >= 0.6 is 0 Å². The van der Waals surface area contributed by atoms with E-state index in [2.05, 4.69) is 11.4 Å². The van der Waals surface area contributed by atoms with Crippen molar-refractivity contribution in [1.29, 1.82) is 0 Å². The Labute approximate surface area is 197 Å². The number of rotatable bonds is 6. The Morgan fingerprint density at radius 3 is 2.58 bits per heavy atom. The average Bonchev–Trinajstić information content (AvgIpc) is 3.15. The van der Waals surface area contributed by atoms with Crippen LogP contribution in [0, 0.1) is 5.92 Å². The molecular formula is C25H35N3O4S. The molecule has 1 aromatic rings. The summed E-state index contributed by atoms with van der Waals surface area (Å²) in [6.45, 7) is 4.85. The summed E-state index contributed by atoms with van der Waals surface area (Å²) in [6, 6.07) is 5.08. The van der Waals surface area contributed by atoms with Crippen molar-refractivity contribution in [3.63, 3.8) is 0 Å². The summed E-state index contributed by atoms with van der Waals surface area (Å²) in [5, 5.41) is 3.05. The summed E-state index contributed by atoms with van der Waals surface area (Å²) in [7, 11) is -3.63. The van der Waals surface area contributed by atoms with Crippen LogP contribution in [0.15, 0.2) is 34.7 Å². The number of hydrogen-bond acceptors (Lipinski definition) is 4. The van der Waals surface area contributed by atoms with E-state index in [1.54, 1.807) is 23.1 Å². The molecule has 1 fully saturated rings. The van der Waals surface area contributed by atoms with Gasteiger partial charge in [-0.1, -0.05) is 11.6 Å². The molecule has 8 heteroatoms. The number of allylic oxidation sites excluding steroid dienone is 1. The minimum Gasteiger partial charge on any atom is -0.356 e. The molecule has 7 nitrogen and oxygen atoms in total. The Hall–Kier alpha value is -2.19. The highest BCUT2D eigenvalue weighted by molar-refractivity contribution is 7.89. The maximum atomic E-state index is 13.2. The van der Waals surface area contributed by atoms with Crippen molar-refractivity contribution < 1.29 is 18.0 Å². The van der Waals surface area contributed by atoms with Crippen LogP contribution in [0.1, 0.15) is 64.4 Å². The highest BCUT2D eigenvalue weighted by atomic mass is 32.2. The molecule has 1 aliphatic carbocycles. The van der Waals surface area contributed by atoms with E-state index in [9.17, 15) is 18.0 Å². The summed E-state index contributed by atoms with van der Waals surface area (Å²) in [4.78, 5) is 26.5. The van der Waals surface area contributed by atoms with E-state index in [0.29, 0.717) is 38.9 Å². The maximum Gasteiger partial charge on any atom is 0.243 e. The van der Waals surface area contributed by atoms with Gasteiger partial charge in [-0.25, -0.2) is 8.42 Å². The lowest BCUT2D eigenvalue weighted by Crippen LogP contribution is -2.43. The molecular weight excluding hydrogens is 438 g/mol. The fourth-order valence-electron chi connectivity index (χ4n) is 5.38. The van der Waals surface area contributed by atoms with Gasteiger partial charge < -0.3 is 10.2 Å². The number of anilines is 1. The molecule has 0 bridgehead atoms. The van der Waals surface area contributed by atoms with Gasteiger partial charge in [0.25, 0.3) is 0 Å². The van der Waals surface area contributed by atoms with Crippen LogP contribution in [0.4, 0.5) is 5.69 Å². The van der Waals surface area contributed by atoms with E-state index < -0.39 is 10.0 Å². The Morgan fingerprint density at radius 2 is 1.91 bits per heavy atom. The van der Waals surface area contributed by atoms with Gasteiger partial charge in [0.15, 0.2) is 0 Å². The smallest absolute Gasteiger partial charge is 0.243 e. The maximum absolute atomic E-state index is 13.2. The Balaban J connectivity index is 1.33. The summed E-state index contributed by atoms with van der Waals surface area (Å²) in [5.41, 5.74) is 3.13. The standard InChI is InChI=1S/C25H35N3O4S/c1-18-16-22-17-23(8-9-24(22)28(18)19(2)29)33(31,32)27-14-11-21(12-15-27)25(30)26-13-10-20-6-4-3-5-7-20/h6,8-9,17-18,21H,3-5,7,10-16H2,1-2H3,(H,26,30). The van der Waals surface area contributed by atoms with Crippen LogP contribution in [0.2, 0.25) is 0 Å². The van der Waals surface area contributed by atoms with Crippen LogP contribution in [0.3, 0.4) is 0 Å². The number of hydrogen-bond donors (Lipinski definition) is 1. The lowest BCUT2D eigenvalue weighted by Gasteiger charge is -2.30. The highest BCUT2D eigenvalue weighted by Crippen LogP contribution is 2.35. The zero-order chi connectivity index (χ0) is 23.6. The topological polar surface area (TPSA) is 86.8 Å². The van der Waals surface area contributed by atoms with E-state index >= 15 is 0 Å². The quantitative estimate of drug-likeness (QED) is 0.642. The van der Waals surface area contributed by atoms with Crippen molar-refractivity contribution in [2.45, 2.75) is 76.2 Å². The van der Waals surface area contributed by atoms with Gasteiger partial charge in [0.1, 0.15) is 0 Å². The molecule has 4 rings (SSSR count). The monoisotopic (exact) mass is 473 g/mol. The number of fused-ring (bicyclic) bond motifs is 1. The van der Waals surface area contributed by atoms with Crippen LogP contribution in [0.5, 0.6) is 0 Å². The number of amides is 2. The summed E-state index contributed by atoms with van der Waals surface area (Å²) < 4.78 is 28.0. The van der Waals surface area contributed by atoms with Gasteiger partial charge in [-0.15, -0.1) is 0 Å². The first-order valence-corrected chi connectivity index (χ1v) is 13.6. The van der Waals surface area contributed by atoms with Crippen molar-refractivity contribution >= 4 is 27.5 Å². The zero-order valence-corrected chi connectivity index (χ0v) is 20.5. The first-order chi connectivity index (χ1) is 15.8. The van der Waals surface area contributed by atoms with E-state index in [4.69, 9.17) is 0 Å². The van der Waals surface area contributed by atoms with Crippen LogP contribution in [-0.2, 0) is 26.0 Å². The van der Waals surface area contributed by atoms with Gasteiger partial charge in [0.2, 0.25) is 21.8 Å². The summed E-state index contributed by atoms with van der Waals surface area (Å²) in [6.07, 6.45) is 9.73. The third kappa shape index (κ3) is 5.17. The van der Waals surface area contributed by atoms with Crippen molar-refractivity contribution in [3.8, 4) is 0 Å². The van der Waals surface area contributed by atoms with Crippen LogP contribution in [-0.4, -0.2) is 50.2 Å². The molecule has 2 aliphatic heterocycles. The number of nitrogens with one attached hydrogen (secondary N) is 1. The highest BCUT2D eigenvalue weighted by Gasteiger charge is 2.34. The fraction of sp³-hybridized carbons (Fsp3) is 0.600. The van der Waals surface area contributed by atoms with Crippen LogP contribution < -0.4 is 10.2 Å². The molecule has 0 radical (unpaired) electrons. The Kier molecular flexibility index (Phi) is 7.24. The number of piperidine rings is 1. The summed E-state index contributed by atoms with van der Waals surface area (Å²) in [5.74, 6) is -0.131. The van der Waals surface area contributed by atoms with Crippen molar-refractivity contribution in [1.82, 2.24) is 9.62 Å².